The van der Waals surface area contributed by atoms with Gasteiger partial charge >= 0.3 is 0 Å². The summed E-state index contributed by atoms with van der Waals surface area (Å²) in [6, 6.07) is 6.27. The van der Waals surface area contributed by atoms with E-state index in [-0.39, 0.29) is 6.04 Å². The molecule has 4 heteroatoms. The lowest BCUT2D eigenvalue weighted by molar-refractivity contribution is 0.193. The molecule has 0 aromatic heterocycles. The fourth-order valence-electron chi connectivity index (χ4n) is 1.78. The zero-order chi connectivity index (χ0) is 13.4. The molecule has 0 heterocycles. The molecule has 1 aromatic carbocycles. The van der Waals surface area contributed by atoms with Crippen LogP contribution in [0.4, 0.5) is 0 Å². The fraction of sp³-hybridized carbons (Fsp3) is 0.571. The van der Waals surface area contributed by atoms with E-state index in [9.17, 15) is 0 Å². The van der Waals surface area contributed by atoms with Crippen LogP contribution in [0, 0.1) is 0 Å². The molecule has 0 saturated carbocycles. The Kier molecular flexibility index (Phi) is 6.54. The predicted octanol–water partition coefficient (Wildman–Crippen LogP) is 2.39. The van der Waals surface area contributed by atoms with Gasteiger partial charge in [-0.3, -0.25) is 0 Å². The van der Waals surface area contributed by atoms with Crippen LogP contribution < -0.4 is 14.8 Å². The molecule has 0 amide bonds. The quantitative estimate of drug-likeness (QED) is 0.722. The van der Waals surface area contributed by atoms with Crippen LogP contribution in [0.15, 0.2) is 18.2 Å². The first kappa shape index (κ1) is 14.8. The standard InChI is InChI=1S/C14H23NO3/c1-11(15-8-5-9-16-2)12-6-7-13(17-3)14(10-12)18-4/h6-7,10-11,15H,5,8-9H2,1-4H3. The first-order valence-electron chi connectivity index (χ1n) is 6.17. The van der Waals surface area contributed by atoms with Crippen LogP contribution >= 0.6 is 0 Å². The molecule has 1 aromatic rings. The molecule has 0 aliphatic carbocycles. The second kappa shape index (κ2) is 7.95. The molecule has 1 unspecified atom stereocenters. The van der Waals surface area contributed by atoms with Crippen molar-refractivity contribution in [3.8, 4) is 11.5 Å². The summed E-state index contributed by atoms with van der Waals surface area (Å²) in [7, 11) is 5.01. The number of methoxy groups -OCH3 is 3. The number of hydrogen-bond donors (Lipinski definition) is 1. The van der Waals surface area contributed by atoms with Crippen molar-refractivity contribution in [3.63, 3.8) is 0 Å². The normalized spacial score (nSPS) is 12.2. The zero-order valence-electron chi connectivity index (χ0n) is 11.7. The van der Waals surface area contributed by atoms with Crippen molar-refractivity contribution in [3.05, 3.63) is 23.8 Å². The summed E-state index contributed by atoms with van der Waals surface area (Å²) >= 11 is 0. The van der Waals surface area contributed by atoms with Crippen molar-refractivity contribution in [2.24, 2.45) is 0 Å². The van der Waals surface area contributed by atoms with Gasteiger partial charge in [0.2, 0.25) is 0 Å². The Hall–Kier alpha value is -1.26. The van der Waals surface area contributed by atoms with Gasteiger partial charge in [-0.2, -0.15) is 0 Å². The monoisotopic (exact) mass is 253 g/mol. The first-order chi connectivity index (χ1) is 8.72. The summed E-state index contributed by atoms with van der Waals surface area (Å²) in [5.74, 6) is 1.52. The van der Waals surface area contributed by atoms with Gasteiger partial charge < -0.3 is 19.5 Å². The minimum atomic E-state index is 0.279. The molecule has 0 saturated heterocycles. The topological polar surface area (TPSA) is 39.7 Å². The Bertz CT molecular complexity index is 355. The van der Waals surface area contributed by atoms with Gasteiger partial charge in [-0.1, -0.05) is 6.07 Å². The number of ether oxygens (including phenoxy) is 3. The van der Waals surface area contributed by atoms with Gasteiger partial charge in [0.15, 0.2) is 11.5 Å². The first-order valence-corrected chi connectivity index (χ1v) is 6.17. The van der Waals surface area contributed by atoms with Crippen molar-refractivity contribution >= 4 is 0 Å². The molecule has 0 aliphatic rings. The van der Waals surface area contributed by atoms with Crippen molar-refractivity contribution in [2.45, 2.75) is 19.4 Å². The molecule has 18 heavy (non-hydrogen) atoms. The molecule has 0 aliphatic heterocycles. The molecule has 1 N–H and O–H groups in total. The zero-order valence-corrected chi connectivity index (χ0v) is 11.7. The highest BCUT2D eigenvalue weighted by Gasteiger charge is 2.09. The van der Waals surface area contributed by atoms with E-state index in [2.05, 4.69) is 18.3 Å². The second-order valence-corrected chi connectivity index (χ2v) is 4.14. The summed E-state index contributed by atoms with van der Waals surface area (Å²) in [6.07, 6.45) is 1.01. The van der Waals surface area contributed by atoms with Crippen molar-refractivity contribution in [1.29, 1.82) is 0 Å². The molecule has 1 rings (SSSR count). The lowest BCUT2D eigenvalue weighted by Crippen LogP contribution is -2.20. The van der Waals surface area contributed by atoms with Gasteiger partial charge in [0.1, 0.15) is 0 Å². The van der Waals surface area contributed by atoms with Crippen molar-refractivity contribution < 1.29 is 14.2 Å². The minimum absolute atomic E-state index is 0.279. The largest absolute Gasteiger partial charge is 0.493 e. The SMILES string of the molecule is COCCCNC(C)c1ccc(OC)c(OC)c1. The maximum absolute atomic E-state index is 5.30. The number of nitrogens with one attached hydrogen (secondary N) is 1. The summed E-state index contributed by atoms with van der Waals surface area (Å²) in [5, 5.41) is 3.45. The summed E-state index contributed by atoms with van der Waals surface area (Å²) in [4.78, 5) is 0. The van der Waals surface area contributed by atoms with Crippen molar-refractivity contribution in [2.75, 3.05) is 34.5 Å². The molecule has 4 nitrogen and oxygen atoms in total. The Morgan fingerprint density at radius 1 is 1.11 bits per heavy atom. The second-order valence-electron chi connectivity index (χ2n) is 4.14. The highest BCUT2D eigenvalue weighted by Crippen LogP contribution is 2.29. The Morgan fingerprint density at radius 3 is 2.44 bits per heavy atom. The number of hydrogen-bond acceptors (Lipinski definition) is 4. The Labute approximate surface area is 109 Å². The van der Waals surface area contributed by atoms with Gasteiger partial charge in [-0.05, 0) is 37.6 Å². The summed E-state index contributed by atoms with van der Waals surface area (Å²) in [5.41, 5.74) is 1.19. The van der Waals surface area contributed by atoms with Gasteiger partial charge in [0.25, 0.3) is 0 Å². The molecular formula is C14H23NO3. The van der Waals surface area contributed by atoms with Crippen LogP contribution in [-0.4, -0.2) is 34.5 Å². The maximum atomic E-state index is 5.30. The average molecular weight is 253 g/mol. The van der Waals surface area contributed by atoms with E-state index in [1.807, 2.05) is 12.1 Å². The van der Waals surface area contributed by atoms with E-state index >= 15 is 0 Å². The predicted molar refractivity (Wildman–Crippen MR) is 72.5 cm³/mol. The smallest absolute Gasteiger partial charge is 0.161 e. The Morgan fingerprint density at radius 2 is 1.83 bits per heavy atom. The summed E-state index contributed by atoms with van der Waals surface area (Å²) in [6.45, 7) is 3.85. The van der Waals surface area contributed by atoms with Crippen LogP contribution in [0.25, 0.3) is 0 Å². The van der Waals surface area contributed by atoms with Crippen molar-refractivity contribution in [1.82, 2.24) is 5.32 Å². The minimum Gasteiger partial charge on any atom is -0.493 e. The third-order valence-electron chi connectivity index (χ3n) is 2.88. The van der Waals surface area contributed by atoms with Gasteiger partial charge in [-0.15, -0.1) is 0 Å². The lowest BCUT2D eigenvalue weighted by atomic mass is 10.1. The maximum Gasteiger partial charge on any atom is 0.161 e. The third kappa shape index (κ3) is 4.20. The van der Waals surface area contributed by atoms with E-state index in [4.69, 9.17) is 14.2 Å². The molecular weight excluding hydrogens is 230 g/mol. The van der Waals surface area contributed by atoms with Crippen LogP contribution in [0.2, 0.25) is 0 Å². The molecule has 0 bridgehead atoms. The lowest BCUT2D eigenvalue weighted by Gasteiger charge is -2.16. The van der Waals surface area contributed by atoms with E-state index in [0.717, 1.165) is 31.1 Å². The van der Waals surface area contributed by atoms with E-state index in [1.54, 1.807) is 21.3 Å². The molecule has 0 spiro atoms. The highest BCUT2D eigenvalue weighted by molar-refractivity contribution is 5.43. The fourth-order valence-corrected chi connectivity index (χ4v) is 1.78. The van der Waals surface area contributed by atoms with Crippen LogP contribution in [0.1, 0.15) is 24.9 Å². The van der Waals surface area contributed by atoms with Crippen LogP contribution in [-0.2, 0) is 4.74 Å². The molecule has 0 fully saturated rings. The van der Waals surface area contributed by atoms with E-state index in [0.29, 0.717) is 0 Å². The van der Waals surface area contributed by atoms with Gasteiger partial charge in [-0.25, -0.2) is 0 Å². The average Bonchev–Trinajstić information content (AvgIpc) is 2.42. The summed E-state index contributed by atoms with van der Waals surface area (Å²) < 4.78 is 15.5. The Balaban J connectivity index is 2.59. The highest BCUT2D eigenvalue weighted by atomic mass is 16.5. The van der Waals surface area contributed by atoms with E-state index < -0.39 is 0 Å². The van der Waals surface area contributed by atoms with Crippen LogP contribution in [0.3, 0.4) is 0 Å². The van der Waals surface area contributed by atoms with E-state index in [1.165, 1.54) is 5.56 Å². The van der Waals surface area contributed by atoms with Gasteiger partial charge in [0.05, 0.1) is 14.2 Å². The molecule has 0 radical (unpaired) electrons. The molecule has 102 valence electrons. The number of rotatable bonds is 8. The third-order valence-corrected chi connectivity index (χ3v) is 2.88. The molecule has 1 atom stereocenters. The van der Waals surface area contributed by atoms with Gasteiger partial charge in [0, 0.05) is 19.8 Å². The van der Waals surface area contributed by atoms with Crippen LogP contribution in [0.5, 0.6) is 11.5 Å². The number of benzene rings is 1.